The Morgan fingerprint density at radius 2 is 1.80 bits per heavy atom. The van der Waals surface area contributed by atoms with Crippen molar-refractivity contribution in [2.45, 2.75) is 38.2 Å². The highest BCUT2D eigenvalue weighted by molar-refractivity contribution is 5.35. The van der Waals surface area contributed by atoms with Crippen LogP contribution in [0.15, 0.2) is 24.3 Å². The third-order valence-corrected chi connectivity index (χ3v) is 5.60. The van der Waals surface area contributed by atoms with Crippen LogP contribution in [0, 0.1) is 16.0 Å². The van der Waals surface area contributed by atoms with Crippen molar-refractivity contribution < 1.29 is 10.0 Å². The van der Waals surface area contributed by atoms with Crippen LogP contribution in [-0.2, 0) is 0 Å². The van der Waals surface area contributed by atoms with Gasteiger partial charge < -0.3 is 10.0 Å². The number of nitrogens with zero attached hydrogens (tertiary/aromatic N) is 3. The minimum absolute atomic E-state index is 0.0360. The molecule has 0 bridgehead atoms. The van der Waals surface area contributed by atoms with Crippen molar-refractivity contribution in [3.05, 3.63) is 39.9 Å². The topological polar surface area (TPSA) is 69.8 Å². The summed E-state index contributed by atoms with van der Waals surface area (Å²) in [5.41, 5.74) is 0.660. The van der Waals surface area contributed by atoms with Crippen molar-refractivity contribution in [1.82, 2.24) is 9.80 Å². The van der Waals surface area contributed by atoms with Crippen molar-refractivity contribution in [3.8, 4) is 0 Å². The molecule has 0 spiro atoms. The van der Waals surface area contributed by atoms with Gasteiger partial charge in [-0.3, -0.25) is 15.0 Å². The number of benzene rings is 1. The van der Waals surface area contributed by atoms with E-state index in [1.807, 2.05) is 0 Å². The van der Waals surface area contributed by atoms with Gasteiger partial charge in [-0.15, -0.1) is 0 Å². The molecule has 138 valence electrons. The van der Waals surface area contributed by atoms with Crippen molar-refractivity contribution in [2.75, 3.05) is 39.3 Å². The Balaban J connectivity index is 1.45. The molecule has 1 heterocycles. The van der Waals surface area contributed by atoms with Crippen molar-refractivity contribution in [1.29, 1.82) is 0 Å². The smallest absolute Gasteiger partial charge is 0.269 e. The monoisotopic (exact) mass is 347 g/mol. The SMILES string of the molecule is O=[N+]([O-])c1cccc(C(O)CN2CCN(CC3CCCCC3)CC2)c1. The lowest BCUT2D eigenvalue weighted by atomic mass is 9.89. The van der Waals surface area contributed by atoms with Gasteiger partial charge in [0.1, 0.15) is 0 Å². The molecule has 1 unspecified atom stereocenters. The predicted molar refractivity (Wildman–Crippen MR) is 97.5 cm³/mol. The normalized spacial score (nSPS) is 22.0. The van der Waals surface area contributed by atoms with Gasteiger partial charge in [-0.25, -0.2) is 0 Å². The highest BCUT2D eigenvalue weighted by Gasteiger charge is 2.23. The average molecular weight is 347 g/mol. The van der Waals surface area contributed by atoms with Gasteiger partial charge in [0.25, 0.3) is 5.69 Å². The van der Waals surface area contributed by atoms with Crippen molar-refractivity contribution in [2.24, 2.45) is 5.92 Å². The molecule has 0 radical (unpaired) electrons. The molecule has 6 nitrogen and oxygen atoms in total. The molecule has 2 fully saturated rings. The van der Waals surface area contributed by atoms with Crippen molar-refractivity contribution in [3.63, 3.8) is 0 Å². The van der Waals surface area contributed by atoms with Crippen LogP contribution in [0.4, 0.5) is 5.69 Å². The molecule has 1 saturated heterocycles. The van der Waals surface area contributed by atoms with E-state index in [9.17, 15) is 15.2 Å². The van der Waals surface area contributed by atoms with E-state index >= 15 is 0 Å². The summed E-state index contributed by atoms with van der Waals surface area (Å²) in [5, 5.41) is 21.3. The van der Waals surface area contributed by atoms with Crippen LogP contribution in [0.25, 0.3) is 0 Å². The molecule has 0 aromatic heterocycles. The number of β-amino-alcohol motifs (C(OH)–C–C–N with tert-alkyl or cyclic N) is 1. The summed E-state index contributed by atoms with van der Waals surface area (Å²) in [6.45, 7) is 5.79. The van der Waals surface area contributed by atoms with Crippen LogP contribution in [0.2, 0.25) is 0 Å². The van der Waals surface area contributed by atoms with Gasteiger partial charge in [0.2, 0.25) is 0 Å². The maximum Gasteiger partial charge on any atom is 0.269 e. The maximum absolute atomic E-state index is 10.9. The Labute approximate surface area is 149 Å². The molecule has 6 heteroatoms. The fraction of sp³-hybridized carbons (Fsp3) is 0.684. The van der Waals surface area contributed by atoms with E-state index in [4.69, 9.17) is 0 Å². The molecular weight excluding hydrogens is 318 g/mol. The van der Waals surface area contributed by atoms with Crippen LogP contribution in [-0.4, -0.2) is 59.1 Å². The van der Waals surface area contributed by atoms with E-state index in [0.29, 0.717) is 12.1 Å². The van der Waals surface area contributed by atoms with Gasteiger partial charge in [0, 0.05) is 51.4 Å². The second kappa shape index (κ2) is 8.74. The number of aliphatic hydroxyl groups excluding tert-OH is 1. The minimum Gasteiger partial charge on any atom is -0.387 e. The minimum atomic E-state index is -0.676. The molecule has 1 N–H and O–H groups in total. The quantitative estimate of drug-likeness (QED) is 0.633. The van der Waals surface area contributed by atoms with E-state index in [-0.39, 0.29) is 5.69 Å². The maximum atomic E-state index is 10.9. The number of nitro benzene ring substituents is 1. The first-order chi connectivity index (χ1) is 12.1. The summed E-state index contributed by atoms with van der Waals surface area (Å²) in [7, 11) is 0. The van der Waals surface area contributed by atoms with Crippen molar-refractivity contribution >= 4 is 5.69 Å². The van der Waals surface area contributed by atoms with E-state index in [1.165, 1.54) is 50.8 Å². The average Bonchev–Trinajstić information content (AvgIpc) is 2.64. The lowest BCUT2D eigenvalue weighted by Crippen LogP contribution is -2.48. The Bertz CT molecular complexity index is 567. The molecule has 0 amide bonds. The number of hydrogen-bond donors (Lipinski definition) is 1. The van der Waals surface area contributed by atoms with E-state index in [2.05, 4.69) is 9.80 Å². The Hall–Kier alpha value is -1.50. The molecule has 2 aliphatic rings. The highest BCUT2D eigenvalue weighted by Crippen LogP contribution is 2.25. The van der Waals surface area contributed by atoms with E-state index < -0.39 is 11.0 Å². The second-order valence-electron chi connectivity index (χ2n) is 7.47. The summed E-state index contributed by atoms with van der Waals surface area (Å²) < 4.78 is 0. The fourth-order valence-corrected chi connectivity index (χ4v) is 4.08. The molecule has 1 aliphatic heterocycles. The van der Waals surface area contributed by atoms with Crippen LogP contribution in [0.5, 0.6) is 0 Å². The molecular formula is C19H29N3O3. The molecule has 1 saturated carbocycles. The van der Waals surface area contributed by atoms with Gasteiger partial charge in [-0.2, -0.15) is 0 Å². The third kappa shape index (κ3) is 5.23. The number of aliphatic hydroxyl groups is 1. The first-order valence-corrected chi connectivity index (χ1v) is 9.49. The predicted octanol–water partition coefficient (Wildman–Crippen LogP) is 2.83. The number of hydrogen-bond acceptors (Lipinski definition) is 5. The van der Waals surface area contributed by atoms with Crippen LogP contribution >= 0.6 is 0 Å². The molecule has 1 aromatic carbocycles. The molecule has 1 aliphatic carbocycles. The summed E-state index contributed by atoms with van der Waals surface area (Å²) >= 11 is 0. The van der Waals surface area contributed by atoms with Gasteiger partial charge in [0.15, 0.2) is 0 Å². The highest BCUT2D eigenvalue weighted by atomic mass is 16.6. The first-order valence-electron chi connectivity index (χ1n) is 9.49. The lowest BCUT2D eigenvalue weighted by Gasteiger charge is -2.37. The molecule has 25 heavy (non-hydrogen) atoms. The number of rotatable bonds is 6. The van der Waals surface area contributed by atoms with Gasteiger partial charge in [-0.1, -0.05) is 31.4 Å². The zero-order chi connectivity index (χ0) is 17.6. The molecule has 3 rings (SSSR count). The number of nitro groups is 1. The van der Waals surface area contributed by atoms with Crippen LogP contribution < -0.4 is 0 Å². The Morgan fingerprint density at radius 3 is 2.48 bits per heavy atom. The summed E-state index contributed by atoms with van der Waals surface area (Å²) in [6, 6.07) is 6.33. The molecule has 1 atom stereocenters. The Kier molecular flexibility index (Phi) is 6.39. The van der Waals surface area contributed by atoms with Crippen LogP contribution in [0.1, 0.15) is 43.8 Å². The Morgan fingerprint density at radius 1 is 1.12 bits per heavy atom. The second-order valence-corrected chi connectivity index (χ2v) is 7.47. The fourth-order valence-electron chi connectivity index (χ4n) is 4.08. The molecule has 1 aromatic rings. The van der Waals surface area contributed by atoms with E-state index in [1.54, 1.807) is 12.1 Å². The largest absolute Gasteiger partial charge is 0.387 e. The summed E-state index contributed by atoms with van der Waals surface area (Å²) in [4.78, 5) is 15.3. The first kappa shape index (κ1) is 18.3. The summed E-state index contributed by atoms with van der Waals surface area (Å²) in [6.07, 6.45) is 6.27. The summed E-state index contributed by atoms with van der Waals surface area (Å²) in [5.74, 6) is 0.871. The standard InChI is InChI=1S/C19H29N3O3/c23-19(17-7-4-8-18(13-17)22(24)25)15-21-11-9-20(10-12-21)14-16-5-2-1-3-6-16/h4,7-8,13,16,19,23H,1-3,5-6,9-12,14-15H2. The van der Waals surface area contributed by atoms with Gasteiger partial charge in [0.05, 0.1) is 11.0 Å². The van der Waals surface area contributed by atoms with Crippen LogP contribution in [0.3, 0.4) is 0 Å². The third-order valence-electron chi connectivity index (χ3n) is 5.60. The van der Waals surface area contributed by atoms with E-state index in [0.717, 1.165) is 32.1 Å². The van der Waals surface area contributed by atoms with Gasteiger partial charge >= 0.3 is 0 Å². The number of non-ortho nitro benzene ring substituents is 1. The zero-order valence-corrected chi connectivity index (χ0v) is 14.8. The lowest BCUT2D eigenvalue weighted by molar-refractivity contribution is -0.385. The zero-order valence-electron chi connectivity index (χ0n) is 14.8. The number of piperazine rings is 1. The van der Waals surface area contributed by atoms with Gasteiger partial charge in [-0.05, 0) is 24.3 Å².